The zero-order valence-electron chi connectivity index (χ0n) is 12.1. The predicted octanol–water partition coefficient (Wildman–Crippen LogP) is 3.80. The lowest BCUT2D eigenvalue weighted by molar-refractivity contribution is -0.00747. The highest BCUT2D eigenvalue weighted by atomic mass is 32.1. The summed E-state index contributed by atoms with van der Waals surface area (Å²) in [6.45, 7) is 5.07. The van der Waals surface area contributed by atoms with Crippen LogP contribution in [-0.2, 0) is 11.3 Å². The van der Waals surface area contributed by atoms with Crippen molar-refractivity contribution >= 4 is 17.2 Å². The third kappa shape index (κ3) is 3.76. The van der Waals surface area contributed by atoms with E-state index in [1.807, 2.05) is 0 Å². The molecule has 0 saturated heterocycles. The summed E-state index contributed by atoms with van der Waals surface area (Å²) in [5.41, 5.74) is 6.72. The lowest BCUT2D eigenvalue weighted by Crippen LogP contribution is -2.26. The fourth-order valence-electron chi connectivity index (χ4n) is 2.71. The molecule has 1 aromatic rings. The Morgan fingerprint density at radius 2 is 2.10 bits per heavy atom. The quantitative estimate of drug-likeness (QED) is 0.858. The van der Waals surface area contributed by atoms with Crippen LogP contribution in [0.15, 0.2) is 18.2 Å². The first-order valence-corrected chi connectivity index (χ1v) is 7.58. The molecular weight excluding hydrogens is 273 g/mol. The molecule has 2 N–H and O–H groups in total. The maximum absolute atomic E-state index is 13.5. The van der Waals surface area contributed by atoms with E-state index in [0.29, 0.717) is 24.2 Å². The Labute approximate surface area is 125 Å². The Morgan fingerprint density at radius 1 is 1.35 bits per heavy atom. The number of hydrogen-bond donors (Lipinski definition) is 1. The summed E-state index contributed by atoms with van der Waals surface area (Å²) >= 11 is 4.84. The second-order valence-electron chi connectivity index (χ2n) is 5.88. The Morgan fingerprint density at radius 3 is 2.75 bits per heavy atom. The third-order valence-corrected chi connectivity index (χ3v) is 4.55. The fourth-order valence-corrected chi connectivity index (χ4v) is 2.87. The van der Waals surface area contributed by atoms with Crippen molar-refractivity contribution in [2.24, 2.45) is 17.6 Å². The topological polar surface area (TPSA) is 35.2 Å². The Kier molecular flexibility index (Phi) is 5.11. The molecule has 2 nitrogen and oxygen atoms in total. The molecule has 1 aromatic carbocycles. The number of thiocarbonyl (C=S) groups is 1. The van der Waals surface area contributed by atoms with Crippen LogP contribution in [0.25, 0.3) is 0 Å². The summed E-state index contributed by atoms with van der Waals surface area (Å²) in [5, 5.41) is 0. The van der Waals surface area contributed by atoms with Gasteiger partial charge in [0.2, 0.25) is 0 Å². The van der Waals surface area contributed by atoms with Crippen molar-refractivity contribution in [1.82, 2.24) is 0 Å². The first-order chi connectivity index (χ1) is 9.47. The van der Waals surface area contributed by atoms with Crippen molar-refractivity contribution in [1.29, 1.82) is 0 Å². The van der Waals surface area contributed by atoms with Gasteiger partial charge < -0.3 is 10.5 Å². The number of halogens is 1. The van der Waals surface area contributed by atoms with Gasteiger partial charge in [0, 0.05) is 5.56 Å². The first-order valence-electron chi connectivity index (χ1n) is 7.17. The van der Waals surface area contributed by atoms with Crippen LogP contribution < -0.4 is 5.73 Å². The molecule has 1 saturated carbocycles. The van der Waals surface area contributed by atoms with Crippen LogP contribution in [0.4, 0.5) is 4.39 Å². The molecule has 20 heavy (non-hydrogen) atoms. The summed E-state index contributed by atoms with van der Waals surface area (Å²) in [6.07, 6.45) is 3.73. The van der Waals surface area contributed by atoms with E-state index in [2.05, 4.69) is 13.8 Å². The van der Waals surface area contributed by atoms with Gasteiger partial charge in [0.25, 0.3) is 0 Å². The van der Waals surface area contributed by atoms with Gasteiger partial charge in [-0.3, -0.25) is 0 Å². The summed E-state index contributed by atoms with van der Waals surface area (Å²) < 4.78 is 19.5. The van der Waals surface area contributed by atoms with E-state index < -0.39 is 0 Å². The molecule has 0 radical (unpaired) electrons. The molecule has 1 aliphatic carbocycles. The second-order valence-corrected chi connectivity index (χ2v) is 6.32. The lowest BCUT2D eigenvalue weighted by Gasteiger charge is -2.32. The maximum atomic E-state index is 13.5. The highest BCUT2D eigenvalue weighted by molar-refractivity contribution is 7.80. The van der Waals surface area contributed by atoms with Crippen LogP contribution in [0.2, 0.25) is 0 Å². The molecule has 1 fully saturated rings. The largest absolute Gasteiger partial charge is 0.389 e. The SMILES string of the molecule is CC1CCC(OCc2ccc(F)c(C(N)=S)c2)CC1C. The summed E-state index contributed by atoms with van der Waals surface area (Å²) in [7, 11) is 0. The Bertz CT molecular complexity index is 491. The molecule has 0 aliphatic heterocycles. The van der Waals surface area contributed by atoms with Crippen molar-refractivity contribution in [3.8, 4) is 0 Å². The molecular formula is C16H22FNOS. The third-order valence-electron chi connectivity index (χ3n) is 4.33. The second kappa shape index (κ2) is 6.64. The zero-order chi connectivity index (χ0) is 14.7. The molecule has 110 valence electrons. The zero-order valence-corrected chi connectivity index (χ0v) is 12.9. The minimum atomic E-state index is -0.374. The van der Waals surface area contributed by atoms with Crippen molar-refractivity contribution in [2.45, 2.75) is 45.8 Å². The van der Waals surface area contributed by atoms with Gasteiger partial charge in [0.05, 0.1) is 12.7 Å². The van der Waals surface area contributed by atoms with Crippen molar-refractivity contribution in [3.63, 3.8) is 0 Å². The monoisotopic (exact) mass is 295 g/mol. The number of rotatable bonds is 4. The highest BCUT2D eigenvalue weighted by Crippen LogP contribution is 2.31. The molecule has 0 spiro atoms. The van der Waals surface area contributed by atoms with Gasteiger partial charge in [0.1, 0.15) is 10.8 Å². The summed E-state index contributed by atoms with van der Waals surface area (Å²) in [5.74, 6) is 1.11. The molecule has 0 aromatic heterocycles. The molecule has 0 amide bonds. The van der Waals surface area contributed by atoms with Gasteiger partial charge in [0.15, 0.2) is 0 Å². The standard InChI is InChI=1S/C16H22FNOS/c1-10-3-5-13(7-11(10)2)19-9-12-4-6-15(17)14(8-12)16(18)20/h4,6,8,10-11,13H,3,5,7,9H2,1-2H3,(H2,18,20). The Hall–Kier alpha value is -1.00. The van der Waals surface area contributed by atoms with Crippen LogP contribution in [0.3, 0.4) is 0 Å². The number of benzene rings is 1. The minimum absolute atomic E-state index is 0.0875. The van der Waals surface area contributed by atoms with E-state index in [-0.39, 0.29) is 10.8 Å². The lowest BCUT2D eigenvalue weighted by atomic mass is 9.80. The van der Waals surface area contributed by atoms with Crippen LogP contribution in [-0.4, -0.2) is 11.1 Å². The minimum Gasteiger partial charge on any atom is -0.389 e. The molecule has 0 bridgehead atoms. The molecule has 3 atom stereocenters. The van der Waals surface area contributed by atoms with Crippen LogP contribution >= 0.6 is 12.2 Å². The maximum Gasteiger partial charge on any atom is 0.133 e. The van der Waals surface area contributed by atoms with E-state index in [4.69, 9.17) is 22.7 Å². The molecule has 1 aliphatic rings. The average molecular weight is 295 g/mol. The van der Waals surface area contributed by atoms with Crippen LogP contribution in [0.5, 0.6) is 0 Å². The number of nitrogens with two attached hydrogens (primary N) is 1. The van der Waals surface area contributed by atoms with E-state index in [9.17, 15) is 4.39 Å². The van der Waals surface area contributed by atoms with Gasteiger partial charge >= 0.3 is 0 Å². The van der Waals surface area contributed by atoms with Crippen molar-refractivity contribution in [2.75, 3.05) is 0 Å². The highest BCUT2D eigenvalue weighted by Gasteiger charge is 2.24. The van der Waals surface area contributed by atoms with Gasteiger partial charge in [-0.1, -0.05) is 32.1 Å². The fraction of sp³-hybridized carbons (Fsp3) is 0.562. The normalized spacial score (nSPS) is 26.4. The summed E-state index contributed by atoms with van der Waals surface area (Å²) in [6, 6.07) is 4.82. The smallest absolute Gasteiger partial charge is 0.133 e. The average Bonchev–Trinajstić information content (AvgIpc) is 2.41. The van der Waals surface area contributed by atoms with Gasteiger partial charge in [-0.25, -0.2) is 4.39 Å². The molecule has 2 rings (SSSR count). The van der Waals surface area contributed by atoms with E-state index in [1.165, 1.54) is 12.5 Å². The van der Waals surface area contributed by atoms with Gasteiger partial charge in [-0.2, -0.15) is 0 Å². The summed E-state index contributed by atoms with van der Waals surface area (Å²) in [4.78, 5) is 0.0875. The van der Waals surface area contributed by atoms with Crippen LogP contribution in [0.1, 0.15) is 44.2 Å². The molecule has 0 heterocycles. The number of hydrogen-bond acceptors (Lipinski definition) is 2. The van der Waals surface area contributed by atoms with Crippen molar-refractivity contribution in [3.05, 3.63) is 35.1 Å². The number of ether oxygens (including phenoxy) is 1. The van der Waals surface area contributed by atoms with E-state index in [0.717, 1.165) is 24.3 Å². The Balaban J connectivity index is 1.94. The predicted molar refractivity (Wildman–Crippen MR) is 83.0 cm³/mol. The van der Waals surface area contributed by atoms with Crippen LogP contribution in [0, 0.1) is 17.7 Å². The van der Waals surface area contributed by atoms with E-state index >= 15 is 0 Å². The first kappa shape index (κ1) is 15.4. The van der Waals surface area contributed by atoms with Gasteiger partial charge in [-0.15, -0.1) is 0 Å². The molecule has 4 heteroatoms. The van der Waals surface area contributed by atoms with Crippen molar-refractivity contribution < 1.29 is 9.13 Å². The van der Waals surface area contributed by atoms with Gasteiger partial charge in [-0.05, 0) is 48.8 Å². The van der Waals surface area contributed by atoms with E-state index in [1.54, 1.807) is 12.1 Å². The molecule has 3 unspecified atom stereocenters.